The Morgan fingerprint density at radius 2 is 2.17 bits per heavy atom. The molecule has 1 fully saturated rings. The summed E-state index contributed by atoms with van der Waals surface area (Å²) in [5.41, 5.74) is -0.304. The normalized spacial score (nSPS) is 34.4. The Morgan fingerprint density at radius 3 is 2.90 bits per heavy atom. The number of carboxylic acids is 1. The molecule has 5 atom stereocenters. The predicted octanol–water partition coefficient (Wildman–Crippen LogP) is 0.0487. The third kappa shape index (κ3) is 2.28. The van der Waals surface area contributed by atoms with Crippen LogP contribution in [0.4, 0.5) is 0 Å². The van der Waals surface area contributed by atoms with Crippen LogP contribution in [-0.4, -0.2) is 74.7 Å². The molecule has 2 aliphatic heterocycles. The van der Waals surface area contributed by atoms with Gasteiger partial charge in [-0.1, -0.05) is 6.07 Å². The molecule has 5 rings (SSSR count). The molecule has 4 N–H and O–H groups in total. The topological polar surface area (TPSA) is 137 Å². The van der Waals surface area contributed by atoms with Crippen molar-refractivity contribution in [3.8, 4) is 11.5 Å². The Labute approximate surface area is 172 Å². The molecule has 1 saturated heterocycles. The lowest BCUT2D eigenvalue weighted by molar-refractivity contribution is -0.170. The Morgan fingerprint density at radius 1 is 1.40 bits per heavy atom. The fourth-order valence-electron chi connectivity index (χ4n) is 5.86. The van der Waals surface area contributed by atoms with Gasteiger partial charge in [0.25, 0.3) is 0 Å². The van der Waals surface area contributed by atoms with Crippen LogP contribution >= 0.6 is 0 Å². The summed E-state index contributed by atoms with van der Waals surface area (Å²) in [6.45, 7) is 0.695. The predicted molar refractivity (Wildman–Crippen MR) is 101 cm³/mol. The maximum absolute atomic E-state index is 12.3. The molecule has 1 aromatic rings. The number of likely N-dealkylation sites (N-methyl/N-ethyl adjacent to an activating group) is 1. The van der Waals surface area contributed by atoms with Crippen molar-refractivity contribution >= 4 is 11.9 Å². The van der Waals surface area contributed by atoms with E-state index in [1.54, 1.807) is 12.1 Å². The van der Waals surface area contributed by atoms with Gasteiger partial charge in [0.1, 0.15) is 5.76 Å². The summed E-state index contributed by atoms with van der Waals surface area (Å²) in [6.07, 6.45) is -0.421. The number of ether oxygens (including phenoxy) is 2. The zero-order valence-corrected chi connectivity index (χ0v) is 16.4. The molecule has 0 amide bonds. The fourth-order valence-corrected chi connectivity index (χ4v) is 5.86. The van der Waals surface area contributed by atoms with E-state index < -0.39 is 41.6 Å². The molecule has 1 aromatic carbocycles. The molecule has 0 saturated carbocycles. The average molecular weight is 417 g/mol. The minimum atomic E-state index is -1.86. The molecule has 2 unspecified atom stereocenters. The number of carboxylic acid groups (broad SMARTS) is 1. The fraction of sp³-hybridized carbons (Fsp3) is 0.524. The van der Waals surface area contributed by atoms with E-state index in [-0.39, 0.29) is 24.0 Å². The summed E-state index contributed by atoms with van der Waals surface area (Å²) in [4.78, 5) is 25.2. The van der Waals surface area contributed by atoms with Gasteiger partial charge in [0.2, 0.25) is 0 Å². The molecular formula is C21H23NO8. The number of aromatic hydroxyl groups is 1. The van der Waals surface area contributed by atoms with Crippen LogP contribution in [0.15, 0.2) is 24.0 Å². The quantitative estimate of drug-likeness (QED) is 0.501. The first kappa shape index (κ1) is 19.3. The van der Waals surface area contributed by atoms with Gasteiger partial charge < -0.3 is 34.8 Å². The minimum absolute atomic E-state index is 0.0378. The number of aliphatic hydroxyl groups excluding tert-OH is 1. The molecule has 1 spiro atoms. The molecular weight excluding hydrogens is 394 g/mol. The van der Waals surface area contributed by atoms with E-state index in [0.717, 1.165) is 11.1 Å². The molecule has 0 aromatic heterocycles. The Hall–Kier alpha value is -2.62. The highest BCUT2D eigenvalue weighted by Crippen LogP contribution is 2.65. The number of aliphatic carboxylic acids is 1. The third-order valence-corrected chi connectivity index (χ3v) is 7.23. The van der Waals surface area contributed by atoms with Crippen LogP contribution in [0.5, 0.6) is 11.5 Å². The second-order valence-corrected chi connectivity index (χ2v) is 8.63. The molecule has 2 bridgehead atoms. The van der Waals surface area contributed by atoms with Crippen molar-refractivity contribution < 1.29 is 39.5 Å². The van der Waals surface area contributed by atoms with Crippen molar-refractivity contribution in [1.29, 1.82) is 0 Å². The van der Waals surface area contributed by atoms with Crippen LogP contribution in [-0.2, 0) is 26.2 Å². The summed E-state index contributed by atoms with van der Waals surface area (Å²) in [5.74, 6) is -1.98. The Balaban J connectivity index is 1.58. The van der Waals surface area contributed by atoms with Gasteiger partial charge in [-0.2, -0.15) is 0 Å². The van der Waals surface area contributed by atoms with E-state index in [4.69, 9.17) is 14.6 Å². The zero-order chi connectivity index (χ0) is 21.4. The summed E-state index contributed by atoms with van der Waals surface area (Å²) >= 11 is 0. The van der Waals surface area contributed by atoms with Gasteiger partial charge >= 0.3 is 11.9 Å². The van der Waals surface area contributed by atoms with Crippen molar-refractivity contribution in [2.45, 2.75) is 54.9 Å². The van der Waals surface area contributed by atoms with Crippen molar-refractivity contribution in [2.75, 3.05) is 13.6 Å². The van der Waals surface area contributed by atoms with Crippen LogP contribution in [0.1, 0.15) is 30.4 Å². The lowest BCUT2D eigenvalue weighted by Gasteiger charge is -2.61. The summed E-state index contributed by atoms with van der Waals surface area (Å²) < 4.78 is 11.6. The van der Waals surface area contributed by atoms with E-state index >= 15 is 0 Å². The molecule has 2 aliphatic carbocycles. The maximum atomic E-state index is 12.3. The lowest BCUT2D eigenvalue weighted by Crippen LogP contribution is -2.74. The molecule has 160 valence electrons. The second-order valence-electron chi connectivity index (χ2n) is 8.63. The van der Waals surface area contributed by atoms with Crippen molar-refractivity contribution in [3.63, 3.8) is 0 Å². The zero-order valence-electron chi connectivity index (χ0n) is 16.4. The number of benzene rings is 1. The van der Waals surface area contributed by atoms with Crippen LogP contribution < -0.4 is 4.74 Å². The number of carbonyl (C=O) groups is 2. The van der Waals surface area contributed by atoms with Crippen molar-refractivity contribution in [3.05, 3.63) is 35.1 Å². The van der Waals surface area contributed by atoms with Gasteiger partial charge in [-0.15, -0.1) is 0 Å². The molecule has 30 heavy (non-hydrogen) atoms. The molecule has 9 nitrogen and oxygen atoms in total. The lowest BCUT2D eigenvalue weighted by atomic mass is 9.50. The first-order valence-corrected chi connectivity index (χ1v) is 9.95. The minimum Gasteiger partial charge on any atom is -0.504 e. The summed E-state index contributed by atoms with van der Waals surface area (Å²) in [7, 11) is 1.97. The van der Waals surface area contributed by atoms with Gasteiger partial charge in [-0.05, 0) is 44.1 Å². The van der Waals surface area contributed by atoms with Gasteiger partial charge in [0.15, 0.2) is 23.7 Å². The number of hydrogen-bond acceptors (Lipinski definition) is 8. The highest BCUT2D eigenvalue weighted by Gasteiger charge is 2.72. The van der Waals surface area contributed by atoms with E-state index in [9.17, 15) is 24.9 Å². The summed E-state index contributed by atoms with van der Waals surface area (Å²) in [6, 6.07) is 3.25. The maximum Gasteiger partial charge on any atom is 0.333 e. The Bertz CT molecular complexity index is 989. The van der Waals surface area contributed by atoms with E-state index in [1.165, 1.54) is 0 Å². The third-order valence-electron chi connectivity index (χ3n) is 7.23. The number of phenolic OH excluding ortho intramolecular Hbond substituents is 1. The van der Waals surface area contributed by atoms with E-state index in [0.29, 0.717) is 25.1 Å². The van der Waals surface area contributed by atoms with Crippen LogP contribution in [0.2, 0.25) is 0 Å². The van der Waals surface area contributed by atoms with Crippen molar-refractivity contribution in [2.24, 2.45) is 0 Å². The number of piperidine rings is 1. The van der Waals surface area contributed by atoms with Crippen LogP contribution in [0.25, 0.3) is 0 Å². The molecule has 0 radical (unpaired) electrons. The van der Waals surface area contributed by atoms with Crippen molar-refractivity contribution in [1.82, 2.24) is 4.90 Å². The first-order chi connectivity index (χ1) is 14.2. The number of carbonyl (C=O) groups excluding carboxylic acids is 1. The standard InChI is InChI=1S/C21H23NO8/c1-22-7-6-20-16-10-2-3-11(23)17(16)30-18(20)13(4-5-21(20,28)14(22)8-10)29-15(25)9-12(24)19(26)27/h2-4,12,14,18,23-24,28H,5-9H2,1H3,(H,26,27)/t12-,14-,18?,20?,21-/m1/s1. The molecule has 2 heterocycles. The van der Waals surface area contributed by atoms with Crippen LogP contribution in [0, 0.1) is 0 Å². The highest BCUT2D eigenvalue weighted by atomic mass is 16.6. The number of aliphatic hydroxyl groups is 2. The number of likely N-dealkylation sites (tertiary alicyclic amines) is 1. The van der Waals surface area contributed by atoms with Gasteiger partial charge in [0.05, 0.1) is 17.4 Å². The number of hydrogen-bond donors (Lipinski definition) is 4. The summed E-state index contributed by atoms with van der Waals surface area (Å²) in [5, 5.41) is 40.7. The average Bonchev–Trinajstić information content (AvgIpc) is 3.04. The van der Waals surface area contributed by atoms with Gasteiger partial charge in [0, 0.05) is 18.0 Å². The second kappa shape index (κ2) is 6.19. The number of phenols is 1. The molecule has 9 heteroatoms. The SMILES string of the molecule is CN1CCC23c4c5ccc(O)c4OC2C(OC(=O)C[C@@H](O)C(=O)O)=CC[C@@]3(O)[C@H]1C5. The number of esters is 1. The smallest absolute Gasteiger partial charge is 0.333 e. The van der Waals surface area contributed by atoms with Crippen LogP contribution in [0.3, 0.4) is 0 Å². The number of nitrogens with zero attached hydrogens (tertiary/aromatic N) is 1. The Kier molecular flexibility index (Phi) is 3.99. The first-order valence-electron chi connectivity index (χ1n) is 9.95. The van der Waals surface area contributed by atoms with Gasteiger partial charge in [-0.25, -0.2) is 4.79 Å². The van der Waals surface area contributed by atoms with Gasteiger partial charge in [-0.3, -0.25) is 4.79 Å². The van der Waals surface area contributed by atoms with E-state index in [2.05, 4.69) is 4.90 Å². The monoisotopic (exact) mass is 417 g/mol. The number of rotatable bonds is 4. The molecule has 4 aliphatic rings. The highest BCUT2D eigenvalue weighted by molar-refractivity contribution is 5.81. The van der Waals surface area contributed by atoms with E-state index in [1.807, 2.05) is 13.1 Å². The largest absolute Gasteiger partial charge is 0.504 e.